The van der Waals surface area contributed by atoms with Crippen molar-refractivity contribution in [2.75, 3.05) is 6.61 Å². The minimum Gasteiger partial charge on any atom is -0.493 e. The third-order valence-electron chi connectivity index (χ3n) is 2.73. The van der Waals surface area contributed by atoms with Crippen molar-refractivity contribution < 1.29 is 19.4 Å². The molecule has 1 unspecified atom stereocenters. The van der Waals surface area contributed by atoms with Gasteiger partial charge in [0.1, 0.15) is 17.6 Å². The fourth-order valence-electron chi connectivity index (χ4n) is 2.03. The molecule has 4 nitrogen and oxygen atoms in total. The van der Waals surface area contributed by atoms with Crippen LogP contribution in [0, 0.1) is 0 Å². The number of carboxylic acid groups (broad SMARTS) is 1. The molecule has 0 radical (unpaired) electrons. The first kappa shape index (κ1) is 12.5. The lowest BCUT2D eigenvalue weighted by Gasteiger charge is -2.09. The number of ether oxygens (including phenoxy) is 2. The van der Waals surface area contributed by atoms with Crippen LogP contribution in [0.1, 0.15) is 25.0 Å². The molecule has 4 heteroatoms. The van der Waals surface area contributed by atoms with Crippen LogP contribution in [0.4, 0.5) is 0 Å². The van der Waals surface area contributed by atoms with Crippen molar-refractivity contribution in [1.82, 2.24) is 0 Å². The van der Waals surface area contributed by atoms with E-state index in [0.717, 1.165) is 29.4 Å². The van der Waals surface area contributed by atoms with E-state index in [4.69, 9.17) is 14.6 Å². The molecule has 0 saturated heterocycles. The third-order valence-corrected chi connectivity index (χ3v) is 2.73. The third kappa shape index (κ3) is 2.64. The standard InChI is InChI=1S/C14H16O4/c1-3-17-12-8-11-6-9(2)18-13(11)7-10(12)4-5-14(15)16/h4-5,7-9H,3,6H2,1-2H3,(H,15,16). The summed E-state index contributed by atoms with van der Waals surface area (Å²) in [5, 5.41) is 8.67. The molecule has 1 aliphatic rings. The zero-order valence-electron chi connectivity index (χ0n) is 10.5. The zero-order valence-corrected chi connectivity index (χ0v) is 10.5. The van der Waals surface area contributed by atoms with Crippen molar-refractivity contribution in [2.45, 2.75) is 26.4 Å². The van der Waals surface area contributed by atoms with E-state index in [2.05, 4.69) is 0 Å². The average molecular weight is 248 g/mol. The molecule has 0 bridgehead atoms. The van der Waals surface area contributed by atoms with Crippen LogP contribution in [0.2, 0.25) is 0 Å². The van der Waals surface area contributed by atoms with Crippen molar-refractivity contribution in [2.24, 2.45) is 0 Å². The van der Waals surface area contributed by atoms with Crippen molar-refractivity contribution in [3.63, 3.8) is 0 Å². The Morgan fingerprint density at radius 2 is 2.39 bits per heavy atom. The summed E-state index contributed by atoms with van der Waals surface area (Å²) in [5.74, 6) is 0.537. The molecule has 96 valence electrons. The number of benzene rings is 1. The van der Waals surface area contributed by atoms with Crippen LogP contribution in [0.5, 0.6) is 11.5 Å². The number of hydrogen-bond donors (Lipinski definition) is 1. The second-order valence-electron chi connectivity index (χ2n) is 4.23. The molecular weight excluding hydrogens is 232 g/mol. The zero-order chi connectivity index (χ0) is 13.1. The highest BCUT2D eigenvalue weighted by molar-refractivity contribution is 5.86. The number of fused-ring (bicyclic) bond motifs is 1. The van der Waals surface area contributed by atoms with Gasteiger partial charge in [0, 0.05) is 23.6 Å². The van der Waals surface area contributed by atoms with E-state index in [-0.39, 0.29) is 6.10 Å². The topological polar surface area (TPSA) is 55.8 Å². The highest BCUT2D eigenvalue weighted by Crippen LogP contribution is 2.35. The fraction of sp³-hybridized carbons (Fsp3) is 0.357. The van der Waals surface area contributed by atoms with Crippen molar-refractivity contribution >= 4 is 12.0 Å². The summed E-state index contributed by atoms with van der Waals surface area (Å²) in [7, 11) is 0. The molecule has 0 amide bonds. The van der Waals surface area contributed by atoms with Gasteiger partial charge in [-0.25, -0.2) is 4.79 Å². The predicted molar refractivity (Wildman–Crippen MR) is 68.1 cm³/mol. The molecule has 18 heavy (non-hydrogen) atoms. The summed E-state index contributed by atoms with van der Waals surface area (Å²) in [6, 6.07) is 3.77. The van der Waals surface area contributed by atoms with E-state index in [1.54, 1.807) is 0 Å². The molecule has 0 saturated carbocycles. The van der Waals surface area contributed by atoms with Gasteiger partial charge in [0.2, 0.25) is 0 Å². The van der Waals surface area contributed by atoms with E-state index < -0.39 is 5.97 Å². The van der Waals surface area contributed by atoms with Crippen molar-refractivity contribution in [1.29, 1.82) is 0 Å². The molecule has 0 aromatic heterocycles. The van der Waals surface area contributed by atoms with Gasteiger partial charge in [-0.15, -0.1) is 0 Å². The molecule has 0 spiro atoms. The first-order chi connectivity index (χ1) is 8.60. The fourth-order valence-corrected chi connectivity index (χ4v) is 2.03. The first-order valence-corrected chi connectivity index (χ1v) is 5.97. The summed E-state index contributed by atoms with van der Waals surface area (Å²) in [6.45, 7) is 4.45. The normalized spacial score (nSPS) is 17.6. The second kappa shape index (κ2) is 5.12. The number of rotatable bonds is 4. The number of carbonyl (C=O) groups is 1. The molecule has 1 heterocycles. The highest BCUT2D eigenvalue weighted by Gasteiger charge is 2.21. The highest BCUT2D eigenvalue weighted by atomic mass is 16.5. The monoisotopic (exact) mass is 248 g/mol. The molecule has 1 N–H and O–H groups in total. The lowest BCUT2D eigenvalue weighted by molar-refractivity contribution is -0.131. The van der Waals surface area contributed by atoms with Crippen LogP contribution >= 0.6 is 0 Å². The summed E-state index contributed by atoms with van der Waals surface area (Å²) in [4.78, 5) is 10.6. The van der Waals surface area contributed by atoms with Crippen LogP contribution in [0.3, 0.4) is 0 Å². The van der Waals surface area contributed by atoms with E-state index >= 15 is 0 Å². The Morgan fingerprint density at radius 1 is 1.61 bits per heavy atom. The van der Waals surface area contributed by atoms with E-state index in [1.807, 2.05) is 26.0 Å². The Kier molecular flexibility index (Phi) is 3.55. The van der Waals surface area contributed by atoms with Gasteiger partial charge in [-0.1, -0.05) is 0 Å². The molecule has 1 atom stereocenters. The molecule has 2 rings (SSSR count). The van der Waals surface area contributed by atoms with E-state index in [1.165, 1.54) is 6.08 Å². The van der Waals surface area contributed by atoms with Gasteiger partial charge in [-0.3, -0.25) is 0 Å². The largest absolute Gasteiger partial charge is 0.493 e. The summed E-state index contributed by atoms with van der Waals surface area (Å²) in [5.41, 5.74) is 1.84. The predicted octanol–water partition coefficient (Wildman–Crippen LogP) is 2.51. The summed E-state index contributed by atoms with van der Waals surface area (Å²) in [6.07, 6.45) is 3.65. The molecule has 1 aromatic carbocycles. The van der Waals surface area contributed by atoms with Gasteiger partial charge < -0.3 is 14.6 Å². The minimum atomic E-state index is -0.979. The van der Waals surface area contributed by atoms with Crippen LogP contribution in [-0.4, -0.2) is 23.8 Å². The van der Waals surface area contributed by atoms with Gasteiger partial charge in [0.05, 0.1) is 6.61 Å². The Bertz CT molecular complexity index is 491. The van der Waals surface area contributed by atoms with Gasteiger partial charge >= 0.3 is 5.97 Å². The number of hydrogen-bond acceptors (Lipinski definition) is 3. The lowest BCUT2D eigenvalue weighted by atomic mass is 10.1. The van der Waals surface area contributed by atoms with Crippen LogP contribution < -0.4 is 9.47 Å². The number of aliphatic carboxylic acids is 1. The molecule has 1 aliphatic heterocycles. The Labute approximate surface area is 106 Å². The molecule has 1 aromatic rings. The number of carboxylic acids is 1. The van der Waals surface area contributed by atoms with Gasteiger partial charge in [-0.05, 0) is 32.1 Å². The van der Waals surface area contributed by atoms with E-state index in [0.29, 0.717) is 12.4 Å². The van der Waals surface area contributed by atoms with Gasteiger partial charge in [-0.2, -0.15) is 0 Å². The SMILES string of the molecule is CCOc1cc2c(cc1C=CC(=O)O)OC(C)C2. The Balaban J connectivity index is 2.37. The molecule has 0 fully saturated rings. The summed E-state index contributed by atoms with van der Waals surface area (Å²) < 4.78 is 11.2. The molecule has 0 aliphatic carbocycles. The smallest absolute Gasteiger partial charge is 0.328 e. The van der Waals surface area contributed by atoms with Crippen LogP contribution in [-0.2, 0) is 11.2 Å². The quantitative estimate of drug-likeness (QED) is 0.832. The lowest BCUT2D eigenvalue weighted by Crippen LogP contribution is -2.05. The van der Waals surface area contributed by atoms with Crippen LogP contribution in [0.15, 0.2) is 18.2 Å². The maximum Gasteiger partial charge on any atom is 0.328 e. The van der Waals surface area contributed by atoms with E-state index in [9.17, 15) is 4.79 Å². The Hall–Kier alpha value is -1.97. The minimum absolute atomic E-state index is 0.160. The first-order valence-electron chi connectivity index (χ1n) is 5.97. The van der Waals surface area contributed by atoms with Crippen molar-refractivity contribution in [3.05, 3.63) is 29.3 Å². The second-order valence-corrected chi connectivity index (χ2v) is 4.23. The summed E-state index contributed by atoms with van der Waals surface area (Å²) >= 11 is 0. The van der Waals surface area contributed by atoms with Crippen molar-refractivity contribution in [3.8, 4) is 11.5 Å². The average Bonchev–Trinajstić information content (AvgIpc) is 2.65. The maximum absolute atomic E-state index is 10.6. The van der Waals surface area contributed by atoms with Gasteiger partial charge in [0.25, 0.3) is 0 Å². The Morgan fingerprint density at radius 3 is 3.06 bits per heavy atom. The molecular formula is C14H16O4. The van der Waals surface area contributed by atoms with Gasteiger partial charge in [0.15, 0.2) is 0 Å². The van der Waals surface area contributed by atoms with Crippen LogP contribution in [0.25, 0.3) is 6.08 Å². The maximum atomic E-state index is 10.6.